The average Bonchev–Trinajstić information content (AvgIpc) is 3.05. The number of nitrogens with one attached hydrogen (secondary N) is 2. The summed E-state index contributed by atoms with van der Waals surface area (Å²) in [6.07, 6.45) is 5.39. The average molecular weight is 380 g/mol. The van der Waals surface area contributed by atoms with Gasteiger partial charge in [0.15, 0.2) is 0 Å². The van der Waals surface area contributed by atoms with Crippen molar-refractivity contribution in [1.29, 1.82) is 0 Å². The maximum Gasteiger partial charge on any atom is 0.321 e. The highest BCUT2D eigenvalue weighted by Crippen LogP contribution is 2.20. The Morgan fingerprint density at radius 1 is 1.16 bits per heavy atom. The summed E-state index contributed by atoms with van der Waals surface area (Å²) >= 11 is 0.865. The van der Waals surface area contributed by atoms with E-state index in [1.165, 1.54) is 6.42 Å². The molecule has 7 nitrogen and oxygen atoms in total. The van der Waals surface area contributed by atoms with Gasteiger partial charge in [-0.3, -0.25) is 5.32 Å². The summed E-state index contributed by atoms with van der Waals surface area (Å²) in [7, 11) is -3.64. The van der Waals surface area contributed by atoms with Crippen LogP contribution in [0.2, 0.25) is 0 Å². The van der Waals surface area contributed by atoms with Crippen molar-refractivity contribution in [2.75, 3.05) is 5.32 Å². The van der Waals surface area contributed by atoms with E-state index in [0.29, 0.717) is 5.56 Å². The molecule has 0 saturated heterocycles. The van der Waals surface area contributed by atoms with Gasteiger partial charge in [-0.05, 0) is 18.4 Å². The predicted molar refractivity (Wildman–Crippen MR) is 96.3 cm³/mol. The van der Waals surface area contributed by atoms with Crippen LogP contribution in [0.5, 0.6) is 0 Å². The first-order valence-electron chi connectivity index (χ1n) is 8.21. The normalized spacial score (nSPS) is 15.7. The topological polar surface area (TPSA) is 101 Å². The fraction of sp³-hybridized carbons (Fsp3) is 0.438. The van der Waals surface area contributed by atoms with Gasteiger partial charge in [-0.2, -0.15) is 9.36 Å². The van der Waals surface area contributed by atoms with Crippen LogP contribution in [0.25, 0.3) is 0 Å². The lowest BCUT2D eigenvalue weighted by Crippen LogP contribution is -2.39. The van der Waals surface area contributed by atoms with Gasteiger partial charge in [-0.1, -0.05) is 49.6 Å². The number of carbonyl (C=O) groups is 1. The standard InChI is InChI=1S/C16H20N4O3S2/c21-14(17-13-9-5-2-6-10-13)18-15-19-16(20-24-15)25(22,23)11-12-7-3-1-4-8-12/h1,3-4,7-8,13H,2,5-6,9-11H2,(H2,17,18,19,20,21). The van der Waals surface area contributed by atoms with Gasteiger partial charge in [-0.15, -0.1) is 0 Å². The minimum atomic E-state index is -3.64. The lowest BCUT2D eigenvalue weighted by atomic mass is 9.96. The second kappa shape index (κ2) is 7.92. The molecule has 1 fully saturated rings. The van der Waals surface area contributed by atoms with Crippen LogP contribution >= 0.6 is 11.5 Å². The van der Waals surface area contributed by atoms with Crippen molar-refractivity contribution >= 4 is 32.5 Å². The third-order valence-electron chi connectivity index (χ3n) is 4.05. The van der Waals surface area contributed by atoms with E-state index in [2.05, 4.69) is 20.0 Å². The van der Waals surface area contributed by atoms with E-state index in [0.717, 1.165) is 37.2 Å². The van der Waals surface area contributed by atoms with Crippen LogP contribution in [0.1, 0.15) is 37.7 Å². The summed E-state index contributed by atoms with van der Waals surface area (Å²) in [5.41, 5.74) is 0.668. The van der Waals surface area contributed by atoms with Crippen LogP contribution in [-0.2, 0) is 15.6 Å². The molecule has 2 N–H and O–H groups in total. The molecule has 1 aromatic carbocycles. The second-order valence-electron chi connectivity index (χ2n) is 6.06. The Morgan fingerprint density at radius 3 is 2.60 bits per heavy atom. The monoisotopic (exact) mass is 380 g/mol. The van der Waals surface area contributed by atoms with Crippen LogP contribution in [0.4, 0.5) is 9.93 Å². The molecule has 25 heavy (non-hydrogen) atoms. The number of sulfone groups is 1. The van der Waals surface area contributed by atoms with Crippen molar-refractivity contribution in [3.05, 3.63) is 35.9 Å². The highest BCUT2D eigenvalue weighted by Gasteiger charge is 2.22. The Bertz CT molecular complexity index is 815. The van der Waals surface area contributed by atoms with Crippen molar-refractivity contribution in [2.24, 2.45) is 0 Å². The molecule has 0 atom stereocenters. The largest absolute Gasteiger partial charge is 0.335 e. The molecule has 2 aromatic rings. The van der Waals surface area contributed by atoms with Crippen molar-refractivity contribution in [1.82, 2.24) is 14.7 Å². The zero-order valence-electron chi connectivity index (χ0n) is 13.6. The Balaban J connectivity index is 1.60. The number of amides is 2. The molecule has 1 saturated carbocycles. The number of benzene rings is 1. The third kappa shape index (κ3) is 4.99. The van der Waals surface area contributed by atoms with Gasteiger partial charge in [0.1, 0.15) is 0 Å². The van der Waals surface area contributed by atoms with Crippen LogP contribution in [0, 0.1) is 0 Å². The van der Waals surface area contributed by atoms with Gasteiger partial charge >= 0.3 is 6.03 Å². The Kier molecular flexibility index (Phi) is 5.64. The molecule has 1 aliphatic rings. The summed E-state index contributed by atoms with van der Waals surface area (Å²) < 4.78 is 28.6. The molecule has 1 aromatic heterocycles. The van der Waals surface area contributed by atoms with Crippen molar-refractivity contribution in [3.8, 4) is 0 Å². The highest BCUT2D eigenvalue weighted by atomic mass is 32.2. The molecule has 1 aliphatic carbocycles. The van der Waals surface area contributed by atoms with E-state index in [1.54, 1.807) is 24.3 Å². The number of aromatic nitrogens is 2. The maximum atomic E-state index is 12.4. The SMILES string of the molecule is O=C(Nc1nc(S(=O)(=O)Cc2ccccc2)ns1)NC1CCCCC1. The fourth-order valence-corrected chi connectivity index (χ4v) is 4.90. The molecule has 134 valence electrons. The Hall–Kier alpha value is -2.00. The molecule has 3 rings (SSSR count). The van der Waals surface area contributed by atoms with E-state index in [9.17, 15) is 13.2 Å². The number of hydrogen-bond acceptors (Lipinski definition) is 6. The van der Waals surface area contributed by atoms with Crippen LogP contribution in [0.15, 0.2) is 35.5 Å². The van der Waals surface area contributed by atoms with Gasteiger partial charge < -0.3 is 5.32 Å². The van der Waals surface area contributed by atoms with Gasteiger partial charge in [-0.25, -0.2) is 13.2 Å². The number of nitrogens with zero attached hydrogens (tertiary/aromatic N) is 2. The summed E-state index contributed by atoms with van der Waals surface area (Å²) in [6.45, 7) is 0. The number of urea groups is 1. The molecular formula is C16H20N4O3S2. The van der Waals surface area contributed by atoms with E-state index >= 15 is 0 Å². The minimum Gasteiger partial charge on any atom is -0.335 e. The summed E-state index contributed by atoms with van der Waals surface area (Å²) in [4.78, 5) is 16.0. The first-order valence-corrected chi connectivity index (χ1v) is 10.6. The highest BCUT2D eigenvalue weighted by molar-refractivity contribution is 7.90. The van der Waals surface area contributed by atoms with E-state index < -0.39 is 9.84 Å². The first kappa shape index (κ1) is 17.8. The van der Waals surface area contributed by atoms with Gasteiger partial charge in [0.05, 0.1) is 5.75 Å². The summed E-state index contributed by atoms with van der Waals surface area (Å²) in [5, 5.41) is 5.40. The fourth-order valence-electron chi connectivity index (χ4n) is 2.81. The lowest BCUT2D eigenvalue weighted by Gasteiger charge is -2.22. The lowest BCUT2D eigenvalue weighted by molar-refractivity contribution is 0.244. The number of hydrogen-bond donors (Lipinski definition) is 2. The Morgan fingerprint density at radius 2 is 1.88 bits per heavy atom. The molecule has 0 unspecified atom stereocenters. The zero-order chi connectivity index (χ0) is 17.7. The van der Waals surface area contributed by atoms with Crippen molar-refractivity contribution < 1.29 is 13.2 Å². The number of carbonyl (C=O) groups excluding carboxylic acids is 1. The Labute approximate surface area is 151 Å². The quantitative estimate of drug-likeness (QED) is 0.830. The molecule has 0 aliphatic heterocycles. The predicted octanol–water partition coefficient (Wildman–Crippen LogP) is 2.97. The van der Waals surface area contributed by atoms with Crippen LogP contribution < -0.4 is 10.6 Å². The van der Waals surface area contributed by atoms with Crippen LogP contribution in [-0.4, -0.2) is 29.8 Å². The molecule has 0 radical (unpaired) electrons. The van der Waals surface area contributed by atoms with E-state index in [1.807, 2.05) is 6.07 Å². The van der Waals surface area contributed by atoms with E-state index in [-0.39, 0.29) is 28.1 Å². The molecule has 1 heterocycles. The van der Waals surface area contributed by atoms with Gasteiger partial charge in [0, 0.05) is 17.6 Å². The van der Waals surface area contributed by atoms with Crippen molar-refractivity contribution in [3.63, 3.8) is 0 Å². The minimum absolute atomic E-state index is 0.168. The van der Waals surface area contributed by atoms with Gasteiger partial charge in [0.2, 0.25) is 15.0 Å². The van der Waals surface area contributed by atoms with Gasteiger partial charge in [0.25, 0.3) is 5.16 Å². The second-order valence-corrected chi connectivity index (χ2v) is 8.70. The summed E-state index contributed by atoms with van der Waals surface area (Å²) in [5.74, 6) is -0.168. The zero-order valence-corrected chi connectivity index (χ0v) is 15.3. The first-order chi connectivity index (χ1) is 12.0. The molecular weight excluding hydrogens is 360 g/mol. The molecule has 2 amide bonds. The third-order valence-corrected chi connectivity index (χ3v) is 6.24. The van der Waals surface area contributed by atoms with Crippen molar-refractivity contribution in [2.45, 2.75) is 49.1 Å². The molecule has 9 heteroatoms. The molecule has 0 spiro atoms. The van der Waals surface area contributed by atoms with E-state index in [4.69, 9.17) is 0 Å². The number of anilines is 1. The number of rotatable bonds is 5. The summed E-state index contributed by atoms with van der Waals surface area (Å²) in [6, 6.07) is 8.66. The smallest absolute Gasteiger partial charge is 0.321 e. The van der Waals surface area contributed by atoms with Crippen LogP contribution in [0.3, 0.4) is 0 Å². The maximum absolute atomic E-state index is 12.4. The molecule has 0 bridgehead atoms.